The predicted molar refractivity (Wildman–Crippen MR) is 138 cm³/mol. The van der Waals surface area contributed by atoms with Crippen LogP contribution >= 0.6 is 50.5 Å². The van der Waals surface area contributed by atoms with E-state index in [-0.39, 0.29) is 0 Å². The van der Waals surface area contributed by atoms with Crippen molar-refractivity contribution in [1.82, 2.24) is 0 Å². The van der Waals surface area contributed by atoms with Gasteiger partial charge in [0.25, 0.3) is 0 Å². The average molecular weight is 447 g/mol. The first-order chi connectivity index (χ1) is 13.0. The Hall–Kier alpha value is 0.620. The summed E-state index contributed by atoms with van der Waals surface area (Å²) in [6.45, 7) is 4.54. The lowest BCUT2D eigenvalue weighted by molar-refractivity contribution is 0.550. The minimum Gasteiger partial charge on any atom is -0.175 e. The van der Waals surface area contributed by atoms with E-state index in [0.29, 0.717) is 10.5 Å². The van der Waals surface area contributed by atoms with Crippen LogP contribution in [0.2, 0.25) is 0 Å². The van der Waals surface area contributed by atoms with Crippen molar-refractivity contribution in [3.8, 4) is 0 Å². The standard InChI is InChI=1S/C17H36S2.C6H6S2/c1-3-5-7-9-10-11-13-15-17(19)16(18)14-12-8-6-4-2;7-5-3-1-2-4-6(5)8/h16-19H,3-15H2,1-2H3;1-4,7-8H. The van der Waals surface area contributed by atoms with Gasteiger partial charge in [-0.2, -0.15) is 25.3 Å². The molecule has 1 aromatic carbocycles. The van der Waals surface area contributed by atoms with E-state index in [1.807, 2.05) is 24.3 Å². The maximum Gasteiger partial charge on any atom is 0.0174 e. The Kier molecular flexibility index (Phi) is 20.4. The Morgan fingerprint density at radius 1 is 0.593 bits per heavy atom. The number of hydrogen-bond donors (Lipinski definition) is 4. The van der Waals surface area contributed by atoms with Crippen molar-refractivity contribution in [1.29, 1.82) is 0 Å². The molecule has 1 rings (SSSR count). The van der Waals surface area contributed by atoms with Gasteiger partial charge in [0.05, 0.1) is 0 Å². The lowest BCUT2D eigenvalue weighted by Gasteiger charge is -2.18. The molecule has 0 aliphatic heterocycles. The molecule has 0 aliphatic carbocycles. The lowest BCUT2D eigenvalue weighted by Crippen LogP contribution is -2.15. The number of hydrogen-bond acceptors (Lipinski definition) is 4. The summed E-state index contributed by atoms with van der Waals surface area (Å²) >= 11 is 17.7. The molecule has 0 bridgehead atoms. The fourth-order valence-electron chi connectivity index (χ4n) is 2.94. The Morgan fingerprint density at radius 2 is 0.926 bits per heavy atom. The minimum atomic E-state index is 0.500. The first kappa shape index (κ1) is 27.6. The minimum absolute atomic E-state index is 0.500. The Morgan fingerprint density at radius 3 is 1.30 bits per heavy atom. The van der Waals surface area contributed by atoms with Crippen molar-refractivity contribution in [2.45, 2.75) is 118 Å². The molecule has 0 nitrogen and oxygen atoms in total. The highest BCUT2D eigenvalue weighted by Gasteiger charge is 2.13. The van der Waals surface area contributed by atoms with Crippen LogP contribution in [0.1, 0.15) is 97.3 Å². The highest BCUT2D eigenvalue weighted by atomic mass is 32.1. The van der Waals surface area contributed by atoms with E-state index in [9.17, 15) is 0 Å². The van der Waals surface area contributed by atoms with E-state index >= 15 is 0 Å². The average Bonchev–Trinajstić information content (AvgIpc) is 2.67. The monoisotopic (exact) mass is 446 g/mol. The van der Waals surface area contributed by atoms with E-state index in [1.165, 1.54) is 83.5 Å². The Bertz CT molecular complexity index is 415. The van der Waals surface area contributed by atoms with Crippen molar-refractivity contribution in [3.05, 3.63) is 24.3 Å². The quantitative estimate of drug-likeness (QED) is 0.159. The molecule has 27 heavy (non-hydrogen) atoms. The topological polar surface area (TPSA) is 0 Å². The third-order valence-electron chi connectivity index (χ3n) is 4.78. The summed E-state index contributed by atoms with van der Waals surface area (Å²) < 4.78 is 0. The highest BCUT2D eigenvalue weighted by molar-refractivity contribution is 7.85. The molecule has 0 fully saturated rings. The first-order valence-corrected chi connectivity index (χ1v) is 12.8. The van der Waals surface area contributed by atoms with Crippen LogP contribution in [0.4, 0.5) is 0 Å². The summed E-state index contributed by atoms with van der Waals surface area (Å²) in [6.07, 6.45) is 17.6. The molecule has 4 heteroatoms. The van der Waals surface area contributed by atoms with Gasteiger partial charge in [-0.25, -0.2) is 0 Å². The van der Waals surface area contributed by atoms with Crippen molar-refractivity contribution in [2.75, 3.05) is 0 Å². The number of benzene rings is 1. The van der Waals surface area contributed by atoms with E-state index < -0.39 is 0 Å². The second-order valence-electron chi connectivity index (χ2n) is 7.38. The van der Waals surface area contributed by atoms with E-state index in [4.69, 9.17) is 25.3 Å². The third-order valence-corrected chi connectivity index (χ3v) is 7.21. The zero-order valence-corrected chi connectivity index (χ0v) is 21.0. The normalized spacial score (nSPS) is 13.0. The largest absolute Gasteiger partial charge is 0.175 e. The van der Waals surface area contributed by atoms with Gasteiger partial charge in [-0.3, -0.25) is 0 Å². The lowest BCUT2D eigenvalue weighted by atomic mass is 10.0. The fourth-order valence-corrected chi connectivity index (χ4v) is 3.92. The molecule has 0 saturated carbocycles. The van der Waals surface area contributed by atoms with Gasteiger partial charge in [0.2, 0.25) is 0 Å². The molecule has 0 spiro atoms. The van der Waals surface area contributed by atoms with Crippen molar-refractivity contribution >= 4 is 50.5 Å². The van der Waals surface area contributed by atoms with Gasteiger partial charge < -0.3 is 0 Å². The van der Waals surface area contributed by atoms with Crippen LogP contribution in [-0.4, -0.2) is 10.5 Å². The Labute approximate surface area is 191 Å². The van der Waals surface area contributed by atoms with Crippen LogP contribution in [0.3, 0.4) is 0 Å². The number of unbranched alkanes of at least 4 members (excludes halogenated alkanes) is 9. The molecule has 0 aliphatic rings. The van der Waals surface area contributed by atoms with Crippen LogP contribution in [-0.2, 0) is 0 Å². The number of thiol groups is 4. The van der Waals surface area contributed by atoms with E-state index in [0.717, 1.165) is 9.79 Å². The molecule has 0 aromatic heterocycles. The van der Waals surface area contributed by atoms with Crippen LogP contribution < -0.4 is 0 Å². The molecule has 0 saturated heterocycles. The fraction of sp³-hybridized carbons (Fsp3) is 0.739. The van der Waals surface area contributed by atoms with E-state index in [2.05, 4.69) is 39.1 Å². The van der Waals surface area contributed by atoms with Crippen LogP contribution in [0.25, 0.3) is 0 Å². The summed E-state index contributed by atoms with van der Waals surface area (Å²) in [5, 5.41) is 1.00. The third kappa shape index (κ3) is 17.2. The second kappa shape index (κ2) is 19.9. The summed E-state index contributed by atoms with van der Waals surface area (Å²) in [7, 11) is 0. The van der Waals surface area contributed by atoms with Gasteiger partial charge in [-0.05, 0) is 25.0 Å². The molecular weight excluding hydrogens is 405 g/mol. The Balaban J connectivity index is 0.000000694. The smallest absolute Gasteiger partial charge is 0.0174 e. The molecule has 2 atom stereocenters. The van der Waals surface area contributed by atoms with Crippen molar-refractivity contribution < 1.29 is 0 Å². The molecule has 1 aromatic rings. The van der Waals surface area contributed by atoms with Gasteiger partial charge in [-0.1, -0.05) is 96.6 Å². The van der Waals surface area contributed by atoms with Crippen LogP contribution in [0, 0.1) is 0 Å². The van der Waals surface area contributed by atoms with Crippen molar-refractivity contribution in [2.24, 2.45) is 0 Å². The van der Waals surface area contributed by atoms with Gasteiger partial charge in [0.15, 0.2) is 0 Å². The second-order valence-corrected chi connectivity index (χ2v) is 9.67. The summed E-state index contributed by atoms with van der Waals surface area (Å²) in [5.74, 6) is 0. The van der Waals surface area contributed by atoms with Gasteiger partial charge in [0, 0.05) is 20.3 Å². The summed E-state index contributed by atoms with van der Waals surface area (Å²) in [5.41, 5.74) is 0. The maximum atomic E-state index is 4.73. The zero-order chi connectivity index (χ0) is 20.3. The maximum absolute atomic E-state index is 4.73. The molecule has 158 valence electrons. The highest BCUT2D eigenvalue weighted by Crippen LogP contribution is 2.22. The van der Waals surface area contributed by atoms with Gasteiger partial charge in [0.1, 0.15) is 0 Å². The molecule has 2 unspecified atom stereocenters. The van der Waals surface area contributed by atoms with Crippen molar-refractivity contribution in [3.63, 3.8) is 0 Å². The summed E-state index contributed by atoms with van der Waals surface area (Å²) in [4.78, 5) is 1.85. The SMILES string of the molecule is CCCCCCCCCC(S)C(S)CCCCCC.Sc1ccccc1S. The predicted octanol–water partition coefficient (Wildman–Crippen LogP) is 8.96. The molecule has 0 amide bonds. The molecule has 0 heterocycles. The zero-order valence-electron chi connectivity index (χ0n) is 17.4. The van der Waals surface area contributed by atoms with Crippen LogP contribution in [0.5, 0.6) is 0 Å². The van der Waals surface area contributed by atoms with Crippen LogP contribution in [0.15, 0.2) is 34.1 Å². The molecular formula is C23H42S4. The molecule has 0 N–H and O–H groups in total. The van der Waals surface area contributed by atoms with E-state index in [1.54, 1.807) is 0 Å². The molecule has 0 radical (unpaired) electrons. The summed E-state index contributed by atoms with van der Waals surface area (Å²) in [6, 6.07) is 7.68. The first-order valence-electron chi connectivity index (χ1n) is 10.9. The number of rotatable bonds is 14. The van der Waals surface area contributed by atoms with Gasteiger partial charge in [-0.15, -0.1) is 25.3 Å². The van der Waals surface area contributed by atoms with Gasteiger partial charge >= 0.3 is 0 Å².